The fraction of sp³-hybridized carbons (Fsp3) is 0.381. The first-order valence-electron chi connectivity index (χ1n) is 9.72. The number of fused-ring (bicyclic) bond motifs is 1. The second-order valence-corrected chi connectivity index (χ2v) is 8.59. The monoisotopic (exact) mass is 447 g/mol. The summed E-state index contributed by atoms with van der Waals surface area (Å²) in [6.07, 6.45) is -0.846. The maximum absolute atomic E-state index is 12.7. The van der Waals surface area contributed by atoms with E-state index in [1.807, 2.05) is 35.9 Å². The molecule has 0 saturated carbocycles. The maximum Gasteiger partial charge on any atom is 0.349 e. The molecule has 0 aliphatic carbocycles. The lowest BCUT2D eigenvalue weighted by Gasteiger charge is -2.28. The number of ether oxygens (including phenoxy) is 2. The van der Waals surface area contributed by atoms with Crippen molar-refractivity contribution in [1.82, 2.24) is 14.7 Å². The van der Waals surface area contributed by atoms with Crippen LogP contribution in [0, 0.1) is 6.92 Å². The second-order valence-electron chi connectivity index (χ2n) is 7.15. The lowest BCUT2D eigenvalue weighted by atomic mass is 10.2. The number of aromatic nitrogens is 2. The van der Waals surface area contributed by atoms with Gasteiger partial charge < -0.3 is 14.4 Å². The van der Waals surface area contributed by atoms with Crippen LogP contribution >= 0.6 is 22.9 Å². The molecule has 3 aromatic rings. The van der Waals surface area contributed by atoms with Crippen molar-refractivity contribution in [3.8, 4) is 0 Å². The highest BCUT2D eigenvalue weighted by atomic mass is 35.5. The number of benzene rings is 1. The van der Waals surface area contributed by atoms with Crippen molar-refractivity contribution in [2.24, 2.45) is 0 Å². The van der Waals surface area contributed by atoms with Gasteiger partial charge >= 0.3 is 5.97 Å². The number of hydrogen-bond donors (Lipinski definition) is 0. The first kappa shape index (κ1) is 20.8. The number of aryl methyl sites for hydroxylation is 1. The molecule has 9 heteroatoms. The van der Waals surface area contributed by atoms with Gasteiger partial charge in [0.25, 0.3) is 5.91 Å². The summed E-state index contributed by atoms with van der Waals surface area (Å²) in [4.78, 5) is 28.2. The Kier molecular flexibility index (Phi) is 6.08. The zero-order valence-corrected chi connectivity index (χ0v) is 18.3. The van der Waals surface area contributed by atoms with E-state index in [2.05, 4.69) is 5.10 Å². The Morgan fingerprint density at radius 1 is 1.30 bits per heavy atom. The fourth-order valence-electron chi connectivity index (χ4n) is 3.42. The molecular weight excluding hydrogens is 426 g/mol. The largest absolute Gasteiger partial charge is 0.448 e. The van der Waals surface area contributed by atoms with Gasteiger partial charge in [0, 0.05) is 23.5 Å². The number of rotatable bonds is 5. The number of hydrogen-bond acceptors (Lipinski definition) is 6. The van der Waals surface area contributed by atoms with Gasteiger partial charge in [-0.2, -0.15) is 5.10 Å². The Bertz CT molecular complexity index is 1090. The predicted molar refractivity (Wildman–Crippen MR) is 115 cm³/mol. The average Bonchev–Trinajstić information content (AvgIpc) is 3.31. The van der Waals surface area contributed by atoms with Crippen LogP contribution in [-0.2, 0) is 20.8 Å². The molecule has 1 aliphatic rings. The summed E-state index contributed by atoms with van der Waals surface area (Å²) in [5.41, 5.74) is 1.77. The molecule has 1 unspecified atom stereocenters. The Balaban J connectivity index is 1.51. The number of carbonyl (C=O) groups excluding carboxylic acids is 2. The van der Waals surface area contributed by atoms with Crippen LogP contribution in [0.25, 0.3) is 10.2 Å². The van der Waals surface area contributed by atoms with Crippen LogP contribution in [-0.4, -0.2) is 59.0 Å². The van der Waals surface area contributed by atoms with Crippen LogP contribution in [0.3, 0.4) is 0 Å². The molecule has 30 heavy (non-hydrogen) atoms. The number of morpholine rings is 1. The van der Waals surface area contributed by atoms with Crippen molar-refractivity contribution in [2.45, 2.75) is 26.5 Å². The Morgan fingerprint density at radius 2 is 2.03 bits per heavy atom. The summed E-state index contributed by atoms with van der Waals surface area (Å²) in [5.74, 6) is -0.706. The third-order valence-electron chi connectivity index (χ3n) is 5.04. The SMILES string of the molecule is Cc1nn(Cc2ccccc2Cl)c2sc(C(=O)OC(C)C(=O)N3CCOCC3)cc12. The van der Waals surface area contributed by atoms with E-state index in [9.17, 15) is 9.59 Å². The van der Waals surface area contributed by atoms with Crippen molar-refractivity contribution in [3.63, 3.8) is 0 Å². The molecule has 3 heterocycles. The van der Waals surface area contributed by atoms with E-state index in [1.165, 1.54) is 11.3 Å². The second kappa shape index (κ2) is 8.75. The smallest absolute Gasteiger partial charge is 0.349 e. The summed E-state index contributed by atoms with van der Waals surface area (Å²) < 4.78 is 12.6. The molecule has 1 atom stereocenters. The molecule has 1 aromatic carbocycles. The van der Waals surface area contributed by atoms with Crippen LogP contribution in [0.5, 0.6) is 0 Å². The van der Waals surface area contributed by atoms with Crippen LogP contribution in [0.2, 0.25) is 5.02 Å². The van der Waals surface area contributed by atoms with Gasteiger partial charge in [0.15, 0.2) is 6.10 Å². The fourth-order valence-corrected chi connectivity index (χ4v) is 4.66. The van der Waals surface area contributed by atoms with Crippen molar-refractivity contribution in [2.75, 3.05) is 26.3 Å². The molecule has 4 rings (SSSR count). The van der Waals surface area contributed by atoms with E-state index in [4.69, 9.17) is 21.1 Å². The van der Waals surface area contributed by atoms with E-state index in [1.54, 1.807) is 17.9 Å². The lowest BCUT2D eigenvalue weighted by Crippen LogP contribution is -2.46. The molecule has 0 N–H and O–H groups in total. The minimum absolute atomic E-state index is 0.200. The minimum Gasteiger partial charge on any atom is -0.448 e. The van der Waals surface area contributed by atoms with Crippen molar-refractivity contribution in [3.05, 3.63) is 51.5 Å². The molecular formula is C21H22ClN3O4S. The minimum atomic E-state index is -0.846. The molecule has 158 valence electrons. The summed E-state index contributed by atoms with van der Waals surface area (Å²) in [6, 6.07) is 9.38. The maximum atomic E-state index is 12.7. The third kappa shape index (κ3) is 4.21. The number of thiophene rings is 1. The highest BCUT2D eigenvalue weighted by Gasteiger charge is 2.27. The Morgan fingerprint density at radius 3 is 2.77 bits per heavy atom. The van der Waals surface area contributed by atoms with Gasteiger partial charge in [0.1, 0.15) is 9.71 Å². The van der Waals surface area contributed by atoms with Crippen LogP contribution < -0.4 is 0 Å². The first-order valence-corrected chi connectivity index (χ1v) is 10.9. The van der Waals surface area contributed by atoms with Crippen molar-refractivity contribution < 1.29 is 19.1 Å². The Hall–Kier alpha value is -2.42. The highest BCUT2D eigenvalue weighted by molar-refractivity contribution is 7.20. The van der Waals surface area contributed by atoms with Gasteiger partial charge in [-0.25, -0.2) is 4.79 Å². The number of amides is 1. The summed E-state index contributed by atoms with van der Waals surface area (Å²) >= 11 is 7.59. The molecule has 0 spiro atoms. The zero-order chi connectivity index (χ0) is 21.3. The highest BCUT2D eigenvalue weighted by Crippen LogP contribution is 2.30. The molecule has 1 saturated heterocycles. The Labute approximate surface area is 183 Å². The number of esters is 1. The average molecular weight is 448 g/mol. The number of carbonyl (C=O) groups is 2. The molecule has 1 amide bonds. The van der Waals surface area contributed by atoms with Crippen molar-refractivity contribution >= 4 is 45.0 Å². The normalized spacial score (nSPS) is 15.4. The van der Waals surface area contributed by atoms with E-state index in [-0.39, 0.29) is 5.91 Å². The van der Waals surface area contributed by atoms with Gasteiger partial charge in [-0.05, 0) is 31.5 Å². The summed E-state index contributed by atoms with van der Waals surface area (Å²) in [5, 5.41) is 6.15. The number of nitrogens with zero attached hydrogens (tertiary/aromatic N) is 3. The van der Waals surface area contributed by atoms with Gasteiger partial charge in [0.05, 0.1) is 25.5 Å². The molecule has 7 nitrogen and oxygen atoms in total. The van der Waals surface area contributed by atoms with Gasteiger partial charge in [0.2, 0.25) is 0 Å². The molecule has 1 fully saturated rings. The summed E-state index contributed by atoms with van der Waals surface area (Å²) in [7, 11) is 0. The van der Waals surface area contributed by atoms with Crippen LogP contribution in [0.1, 0.15) is 27.9 Å². The molecule has 0 radical (unpaired) electrons. The van der Waals surface area contributed by atoms with E-state index in [0.29, 0.717) is 42.7 Å². The van der Waals surface area contributed by atoms with E-state index < -0.39 is 12.1 Å². The molecule has 1 aliphatic heterocycles. The first-order chi connectivity index (χ1) is 14.4. The lowest BCUT2D eigenvalue weighted by molar-refractivity contribution is -0.143. The zero-order valence-electron chi connectivity index (χ0n) is 16.8. The van der Waals surface area contributed by atoms with E-state index >= 15 is 0 Å². The van der Waals surface area contributed by atoms with Crippen LogP contribution in [0.15, 0.2) is 30.3 Å². The topological polar surface area (TPSA) is 73.7 Å². The number of halogens is 1. The van der Waals surface area contributed by atoms with Crippen molar-refractivity contribution in [1.29, 1.82) is 0 Å². The quantitative estimate of drug-likeness (QED) is 0.559. The molecule has 0 bridgehead atoms. The van der Waals surface area contributed by atoms with Gasteiger partial charge in [-0.15, -0.1) is 11.3 Å². The summed E-state index contributed by atoms with van der Waals surface area (Å²) in [6.45, 7) is 6.05. The molecule has 2 aromatic heterocycles. The van der Waals surface area contributed by atoms with Gasteiger partial charge in [-0.1, -0.05) is 29.8 Å². The van der Waals surface area contributed by atoms with E-state index in [0.717, 1.165) is 21.5 Å². The predicted octanol–water partition coefficient (Wildman–Crippen LogP) is 3.51. The standard InChI is InChI=1S/C21H22ClN3O4S/c1-13-16-11-18(21(27)29-14(2)19(26)24-7-9-28-10-8-24)30-20(16)25(23-13)12-15-5-3-4-6-17(15)22/h3-6,11,14H,7-10,12H2,1-2H3. The van der Waals surface area contributed by atoms with Crippen LogP contribution in [0.4, 0.5) is 0 Å². The third-order valence-corrected chi connectivity index (χ3v) is 6.54. The van der Waals surface area contributed by atoms with Gasteiger partial charge in [-0.3, -0.25) is 9.48 Å².